The van der Waals surface area contributed by atoms with Gasteiger partial charge in [-0.2, -0.15) is 0 Å². The average Bonchev–Trinajstić information content (AvgIpc) is 3.15. The minimum absolute atomic E-state index is 0.189. The first-order valence-electron chi connectivity index (χ1n) is 10.2. The highest BCUT2D eigenvalue weighted by Crippen LogP contribution is 2.24. The quantitative estimate of drug-likeness (QED) is 0.352. The van der Waals surface area contributed by atoms with E-state index in [4.69, 9.17) is 0 Å². The maximum atomic E-state index is 13.1. The fourth-order valence-electron chi connectivity index (χ4n) is 3.40. The molecule has 0 radical (unpaired) electrons. The van der Waals surface area contributed by atoms with E-state index >= 15 is 0 Å². The first-order chi connectivity index (χ1) is 15.9. The number of hydrogen-bond donors (Lipinski definition) is 3. The number of amides is 3. The Morgan fingerprint density at radius 2 is 1.67 bits per heavy atom. The third-order valence-corrected chi connectivity index (χ3v) is 5.48. The maximum absolute atomic E-state index is 13.1. The van der Waals surface area contributed by atoms with E-state index in [9.17, 15) is 14.4 Å². The molecule has 7 nitrogen and oxygen atoms in total. The first kappa shape index (κ1) is 22.3. The van der Waals surface area contributed by atoms with Gasteiger partial charge in [-0.05, 0) is 54.4 Å². The van der Waals surface area contributed by atoms with Gasteiger partial charge in [-0.1, -0.05) is 58.4 Å². The summed E-state index contributed by atoms with van der Waals surface area (Å²) in [4.78, 5) is 38.1. The van der Waals surface area contributed by atoms with Crippen molar-refractivity contribution in [1.82, 2.24) is 9.99 Å². The Balaban J connectivity index is 1.58. The molecule has 3 aromatic carbocycles. The molecular formula is C25H21BrN4O3. The summed E-state index contributed by atoms with van der Waals surface area (Å²) in [6, 6.07) is 23.7. The number of benzene rings is 3. The molecule has 0 aliphatic rings. The summed E-state index contributed by atoms with van der Waals surface area (Å²) in [6.07, 6.45) is 0. The van der Waals surface area contributed by atoms with Gasteiger partial charge < -0.3 is 10.6 Å². The largest absolute Gasteiger partial charge is 0.344 e. The molecule has 0 fully saturated rings. The Morgan fingerprint density at radius 3 is 2.42 bits per heavy atom. The van der Waals surface area contributed by atoms with Crippen molar-refractivity contribution in [2.24, 2.45) is 0 Å². The molecule has 0 atom stereocenters. The van der Waals surface area contributed by atoms with E-state index in [1.165, 1.54) is 4.68 Å². The van der Waals surface area contributed by atoms with Gasteiger partial charge in [0.2, 0.25) is 0 Å². The van der Waals surface area contributed by atoms with E-state index in [2.05, 4.69) is 32.0 Å². The normalized spacial score (nSPS) is 10.6. The number of rotatable bonds is 5. The van der Waals surface area contributed by atoms with Crippen LogP contribution in [0.25, 0.3) is 10.9 Å². The third kappa shape index (κ3) is 5.30. The van der Waals surface area contributed by atoms with Crippen molar-refractivity contribution in [2.75, 3.05) is 10.7 Å². The van der Waals surface area contributed by atoms with Crippen LogP contribution in [0.2, 0.25) is 0 Å². The lowest BCUT2D eigenvalue weighted by atomic mass is 10.2. The molecule has 0 saturated carbocycles. The Morgan fingerprint density at radius 1 is 0.879 bits per heavy atom. The van der Waals surface area contributed by atoms with Gasteiger partial charge in [-0.15, -0.1) is 0 Å². The van der Waals surface area contributed by atoms with Crippen molar-refractivity contribution in [2.45, 2.75) is 13.5 Å². The number of aromatic nitrogens is 1. The van der Waals surface area contributed by atoms with Gasteiger partial charge in [-0.3, -0.25) is 19.8 Å². The summed E-state index contributed by atoms with van der Waals surface area (Å²) >= 11 is 3.42. The fourth-order valence-corrected chi connectivity index (χ4v) is 3.78. The summed E-state index contributed by atoms with van der Waals surface area (Å²) in [6.45, 7) is 2.14. The molecule has 166 valence electrons. The van der Waals surface area contributed by atoms with Crippen LogP contribution in [0.4, 0.5) is 5.69 Å². The Labute approximate surface area is 198 Å². The summed E-state index contributed by atoms with van der Waals surface area (Å²) < 4.78 is 2.15. The number of halogens is 1. The van der Waals surface area contributed by atoms with Crippen LogP contribution < -0.4 is 16.1 Å². The number of nitrogens with one attached hydrogen (secondary N) is 3. The molecule has 0 bridgehead atoms. The molecule has 1 aromatic heterocycles. The Bertz CT molecular complexity index is 1350. The van der Waals surface area contributed by atoms with Crippen molar-refractivity contribution in [3.8, 4) is 0 Å². The molecule has 1 heterocycles. The maximum Gasteiger partial charge on any atom is 0.328 e. The van der Waals surface area contributed by atoms with Gasteiger partial charge in [0.1, 0.15) is 5.69 Å². The number of fused-ring (bicyclic) bond motifs is 1. The molecule has 0 spiro atoms. The number of hydrogen-bond acceptors (Lipinski definition) is 3. The minimum Gasteiger partial charge on any atom is -0.344 e. The fraction of sp³-hybridized carbons (Fsp3) is 0.0800. The van der Waals surface area contributed by atoms with Crippen LogP contribution in [-0.2, 0) is 16.1 Å². The zero-order valence-electron chi connectivity index (χ0n) is 17.8. The van der Waals surface area contributed by atoms with Crippen LogP contribution in [0.15, 0.2) is 83.3 Å². The molecule has 3 N–H and O–H groups in total. The molecule has 8 heteroatoms. The van der Waals surface area contributed by atoms with Crippen LogP contribution in [0.5, 0.6) is 0 Å². The molecule has 33 heavy (non-hydrogen) atoms. The lowest BCUT2D eigenvalue weighted by molar-refractivity contribution is -0.136. The monoisotopic (exact) mass is 504 g/mol. The number of anilines is 1. The van der Waals surface area contributed by atoms with Gasteiger partial charge >= 0.3 is 11.8 Å². The van der Waals surface area contributed by atoms with E-state index in [1.807, 2.05) is 61.5 Å². The van der Waals surface area contributed by atoms with E-state index in [1.54, 1.807) is 24.3 Å². The summed E-state index contributed by atoms with van der Waals surface area (Å²) in [7, 11) is 0. The van der Waals surface area contributed by atoms with Crippen molar-refractivity contribution < 1.29 is 14.4 Å². The Hall–Kier alpha value is -3.91. The van der Waals surface area contributed by atoms with Crippen LogP contribution in [0.1, 0.15) is 21.6 Å². The third-order valence-electron chi connectivity index (χ3n) is 4.99. The predicted octanol–water partition coefficient (Wildman–Crippen LogP) is 4.35. The minimum atomic E-state index is -0.879. The SMILES string of the molecule is Cc1cccc(NC(=O)c2cc3cc(Br)ccc3n2NC(=O)C(=O)NCc2ccccc2)c1. The molecule has 0 aliphatic heterocycles. The standard InChI is InChI=1S/C25H21BrN4O3/c1-16-6-5-9-20(12-16)28-23(31)22-14-18-13-19(26)10-11-21(18)30(22)29-25(33)24(32)27-15-17-7-3-2-4-8-17/h2-14H,15H2,1H3,(H,27,32)(H,28,31)(H,29,33). The molecule has 4 aromatic rings. The predicted molar refractivity (Wildman–Crippen MR) is 131 cm³/mol. The topological polar surface area (TPSA) is 92.2 Å². The van der Waals surface area contributed by atoms with Crippen LogP contribution in [-0.4, -0.2) is 22.4 Å². The molecule has 0 aliphatic carbocycles. The van der Waals surface area contributed by atoms with Crippen molar-refractivity contribution in [3.05, 3.63) is 100 Å². The highest BCUT2D eigenvalue weighted by Gasteiger charge is 2.21. The number of nitrogens with zero attached hydrogens (tertiary/aromatic N) is 1. The van der Waals surface area contributed by atoms with Gasteiger partial charge in [0.25, 0.3) is 5.91 Å². The smallest absolute Gasteiger partial charge is 0.328 e. The highest BCUT2D eigenvalue weighted by atomic mass is 79.9. The highest BCUT2D eigenvalue weighted by molar-refractivity contribution is 9.10. The van der Waals surface area contributed by atoms with Crippen LogP contribution >= 0.6 is 15.9 Å². The summed E-state index contributed by atoms with van der Waals surface area (Å²) in [5.74, 6) is -2.10. The van der Waals surface area contributed by atoms with E-state index < -0.39 is 17.7 Å². The first-order valence-corrected chi connectivity index (χ1v) is 11.0. The van der Waals surface area contributed by atoms with Crippen molar-refractivity contribution in [1.29, 1.82) is 0 Å². The lowest BCUT2D eigenvalue weighted by Gasteiger charge is -2.13. The number of carbonyl (C=O) groups is 3. The molecule has 3 amide bonds. The van der Waals surface area contributed by atoms with E-state index in [0.29, 0.717) is 11.2 Å². The summed E-state index contributed by atoms with van der Waals surface area (Å²) in [5.41, 5.74) is 5.82. The number of aryl methyl sites for hydroxylation is 1. The average molecular weight is 505 g/mol. The summed E-state index contributed by atoms with van der Waals surface area (Å²) in [5, 5.41) is 6.16. The van der Waals surface area contributed by atoms with Gasteiger partial charge in [0, 0.05) is 22.1 Å². The lowest BCUT2D eigenvalue weighted by Crippen LogP contribution is -2.39. The zero-order valence-corrected chi connectivity index (χ0v) is 19.3. The molecule has 0 unspecified atom stereocenters. The Kier molecular flexibility index (Phi) is 6.55. The van der Waals surface area contributed by atoms with Gasteiger partial charge in [0.05, 0.1) is 5.52 Å². The molecule has 4 rings (SSSR count). The van der Waals surface area contributed by atoms with Gasteiger partial charge in [-0.25, -0.2) is 4.68 Å². The second kappa shape index (κ2) is 9.70. The van der Waals surface area contributed by atoms with Crippen LogP contribution in [0, 0.1) is 6.92 Å². The molecular weight excluding hydrogens is 484 g/mol. The second-order valence-corrected chi connectivity index (χ2v) is 8.42. The second-order valence-electron chi connectivity index (χ2n) is 7.50. The van der Waals surface area contributed by atoms with Gasteiger partial charge in [0.15, 0.2) is 0 Å². The van der Waals surface area contributed by atoms with E-state index in [-0.39, 0.29) is 12.2 Å². The van der Waals surface area contributed by atoms with Crippen LogP contribution in [0.3, 0.4) is 0 Å². The zero-order chi connectivity index (χ0) is 23.4. The number of carbonyl (C=O) groups excluding carboxylic acids is 3. The van der Waals surface area contributed by atoms with E-state index in [0.717, 1.165) is 21.0 Å². The van der Waals surface area contributed by atoms with Crippen molar-refractivity contribution in [3.63, 3.8) is 0 Å². The molecule has 0 saturated heterocycles. The van der Waals surface area contributed by atoms with Crippen molar-refractivity contribution >= 4 is 50.2 Å².